The molecule has 0 radical (unpaired) electrons. The maximum atomic E-state index is 13.8. The minimum atomic E-state index is -0.426. The summed E-state index contributed by atoms with van der Waals surface area (Å²) >= 11 is 0. The van der Waals surface area contributed by atoms with E-state index >= 15 is 0 Å². The molecule has 122 valence electrons. The number of rotatable bonds is 3. The van der Waals surface area contributed by atoms with E-state index in [4.69, 9.17) is 4.42 Å². The van der Waals surface area contributed by atoms with Crippen LogP contribution in [0.3, 0.4) is 0 Å². The molecule has 0 aliphatic carbocycles. The predicted octanol–water partition coefficient (Wildman–Crippen LogP) is 3.73. The molecule has 6 heteroatoms. The van der Waals surface area contributed by atoms with Crippen LogP contribution in [0, 0.1) is 12.7 Å². The SMILES string of the molecule is Cc1ccc([C@H]2CCCN2C(=O)N[C@@H](C)c2ccncc2F)o1. The lowest BCUT2D eigenvalue weighted by atomic mass is 10.1. The van der Waals surface area contributed by atoms with Gasteiger partial charge in [0.2, 0.25) is 0 Å². The first kappa shape index (κ1) is 15.5. The van der Waals surface area contributed by atoms with Gasteiger partial charge in [0.05, 0.1) is 18.3 Å². The normalized spacial score (nSPS) is 18.9. The third-order valence-electron chi connectivity index (χ3n) is 4.21. The molecule has 0 aromatic carbocycles. The molecular weight excluding hydrogens is 297 g/mol. The average Bonchev–Trinajstić information content (AvgIpc) is 3.15. The molecule has 0 bridgehead atoms. The highest BCUT2D eigenvalue weighted by Gasteiger charge is 2.32. The molecule has 3 rings (SSSR count). The van der Waals surface area contributed by atoms with E-state index in [1.807, 2.05) is 19.1 Å². The van der Waals surface area contributed by atoms with Gasteiger partial charge in [-0.1, -0.05) is 0 Å². The van der Waals surface area contributed by atoms with Crippen molar-refractivity contribution >= 4 is 6.03 Å². The van der Waals surface area contributed by atoms with Crippen LogP contribution in [0.5, 0.6) is 0 Å². The van der Waals surface area contributed by atoms with Gasteiger partial charge in [-0.05, 0) is 44.9 Å². The maximum Gasteiger partial charge on any atom is 0.318 e. The van der Waals surface area contributed by atoms with Gasteiger partial charge in [-0.15, -0.1) is 0 Å². The number of urea groups is 1. The van der Waals surface area contributed by atoms with Gasteiger partial charge in [0.15, 0.2) is 0 Å². The smallest absolute Gasteiger partial charge is 0.318 e. The fourth-order valence-electron chi connectivity index (χ4n) is 3.02. The standard InChI is InChI=1S/C17H20FN3O2/c1-11-5-6-16(23-11)15-4-3-9-21(15)17(22)20-12(2)13-7-8-19-10-14(13)18/h5-8,10,12,15H,3-4,9H2,1-2H3,(H,20,22)/t12-,15+/m0/s1. The van der Waals surface area contributed by atoms with Crippen LogP contribution in [0.2, 0.25) is 0 Å². The first-order valence-electron chi connectivity index (χ1n) is 7.79. The summed E-state index contributed by atoms with van der Waals surface area (Å²) < 4.78 is 19.4. The Morgan fingerprint density at radius 2 is 2.30 bits per heavy atom. The summed E-state index contributed by atoms with van der Waals surface area (Å²) in [6, 6.07) is 4.71. The molecule has 1 aliphatic rings. The number of pyridine rings is 1. The van der Waals surface area contributed by atoms with Gasteiger partial charge in [0, 0.05) is 18.3 Å². The minimum absolute atomic E-state index is 0.0572. The zero-order valence-corrected chi connectivity index (χ0v) is 13.3. The number of amides is 2. The Morgan fingerprint density at radius 1 is 1.48 bits per heavy atom. The van der Waals surface area contributed by atoms with E-state index in [0.29, 0.717) is 12.1 Å². The summed E-state index contributed by atoms with van der Waals surface area (Å²) in [5.41, 5.74) is 0.429. The van der Waals surface area contributed by atoms with E-state index in [2.05, 4.69) is 10.3 Å². The predicted molar refractivity (Wildman–Crippen MR) is 83.3 cm³/mol. The topological polar surface area (TPSA) is 58.4 Å². The fourth-order valence-corrected chi connectivity index (χ4v) is 3.02. The number of carbonyl (C=O) groups is 1. The van der Waals surface area contributed by atoms with Crippen LogP contribution >= 0.6 is 0 Å². The van der Waals surface area contributed by atoms with Crippen molar-refractivity contribution in [3.63, 3.8) is 0 Å². The van der Waals surface area contributed by atoms with E-state index in [9.17, 15) is 9.18 Å². The summed E-state index contributed by atoms with van der Waals surface area (Å²) in [5, 5.41) is 2.86. The molecule has 2 amide bonds. The van der Waals surface area contributed by atoms with Crippen LogP contribution in [-0.4, -0.2) is 22.5 Å². The Bertz CT molecular complexity index is 701. The number of hydrogen-bond donors (Lipinski definition) is 1. The lowest BCUT2D eigenvalue weighted by Gasteiger charge is -2.26. The molecule has 23 heavy (non-hydrogen) atoms. The van der Waals surface area contributed by atoms with E-state index < -0.39 is 11.9 Å². The van der Waals surface area contributed by atoms with Crippen LogP contribution in [0.4, 0.5) is 9.18 Å². The van der Waals surface area contributed by atoms with Crippen LogP contribution in [0.1, 0.15) is 48.9 Å². The van der Waals surface area contributed by atoms with E-state index in [0.717, 1.165) is 30.6 Å². The second-order valence-corrected chi connectivity index (χ2v) is 5.87. The number of carbonyl (C=O) groups excluding carboxylic acids is 1. The van der Waals surface area contributed by atoms with Gasteiger partial charge in [-0.2, -0.15) is 0 Å². The van der Waals surface area contributed by atoms with Crippen molar-refractivity contribution < 1.29 is 13.6 Å². The lowest BCUT2D eigenvalue weighted by molar-refractivity contribution is 0.182. The number of aromatic nitrogens is 1. The zero-order chi connectivity index (χ0) is 16.4. The van der Waals surface area contributed by atoms with Crippen molar-refractivity contribution in [2.75, 3.05) is 6.54 Å². The molecule has 3 heterocycles. The third-order valence-corrected chi connectivity index (χ3v) is 4.21. The first-order chi connectivity index (χ1) is 11.1. The summed E-state index contributed by atoms with van der Waals surface area (Å²) in [6.07, 6.45) is 4.47. The second-order valence-electron chi connectivity index (χ2n) is 5.87. The second kappa shape index (κ2) is 6.40. The Kier molecular flexibility index (Phi) is 4.32. The van der Waals surface area contributed by atoms with Crippen molar-refractivity contribution in [3.05, 3.63) is 53.5 Å². The van der Waals surface area contributed by atoms with E-state index in [1.165, 1.54) is 6.20 Å². The summed E-state index contributed by atoms with van der Waals surface area (Å²) in [6.45, 7) is 4.32. The molecule has 0 unspecified atom stereocenters. The summed E-state index contributed by atoms with van der Waals surface area (Å²) in [4.78, 5) is 18.1. The van der Waals surface area contributed by atoms with Gasteiger partial charge in [0.25, 0.3) is 0 Å². The molecule has 0 spiro atoms. The van der Waals surface area contributed by atoms with Crippen LogP contribution in [0.25, 0.3) is 0 Å². The highest BCUT2D eigenvalue weighted by atomic mass is 19.1. The Balaban J connectivity index is 1.71. The Labute approximate surface area is 134 Å². The Hall–Kier alpha value is -2.37. The highest BCUT2D eigenvalue weighted by Crippen LogP contribution is 2.33. The van der Waals surface area contributed by atoms with Gasteiger partial charge in [-0.3, -0.25) is 4.98 Å². The monoisotopic (exact) mass is 317 g/mol. The van der Waals surface area contributed by atoms with Crippen molar-refractivity contribution in [1.82, 2.24) is 15.2 Å². The lowest BCUT2D eigenvalue weighted by Crippen LogP contribution is -2.40. The van der Waals surface area contributed by atoms with Gasteiger partial charge >= 0.3 is 6.03 Å². The fraction of sp³-hybridized carbons (Fsp3) is 0.412. The molecular formula is C17H20FN3O2. The number of hydrogen-bond acceptors (Lipinski definition) is 3. The number of nitrogens with one attached hydrogen (secondary N) is 1. The van der Waals surface area contributed by atoms with Crippen molar-refractivity contribution in [2.24, 2.45) is 0 Å². The largest absolute Gasteiger partial charge is 0.464 e. The third kappa shape index (κ3) is 3.21. The van der Waals surface area contributed by atoms with Crippen LogP contribution < -0.4 is 5.32 Å². The van der Waals surface area contributed by atoms with Crippen molar-refractivity contribution in [1.29, 1.82) is 0 Å². The summed E-state index contributed by atoms with van der Waals surface area (Å²) in [5.74, 6) is 1.22. The number of aryl methyl sites for hydroxylation is 1. The average molecular weight is 317 g/mol. The number of likely N-dealkylation sites (tertiary alicyclic amines) is 1. The summed E-state index contributed by atoms with van der Waals surface area (Å²) in [7, 11) is 0. The highest BCUT2D eigenvalue weighted by molar-refractivity contribution is 5.75. The molecule has 0 saturated carbocycles. The minimum Gasteiger partial charge on any atom is -0.464 e. The quantitative estimate of drug-likeness (QED) is 0.938. The maximum absolute atomic E-state index is 13.8. The van der Waals surface area contributed by atoms with Gasteiger partial charge < -0.3 is 14.6 Å². The van der Waals surface area contributed by atoms with Crippen LogP contribution in [-0.2, 0) is 0 Å². The van der Waals surface area contributed by atoms with Gasteiger partial charge in [-0.25, -0.2) is 9.18 Å². The molecule has 1 N–H and O–H groups in total. The van der Waals surface area contributed by atoms with Crippen molar-refractivity contribution in [2.45, 2.75) is 38.8 Å². The first-order valence-corrected chi connectivity index (χ1v) is 7.79. The molecule has 1 aliphatic heterocycles. The molecule has 1 saturated heterocycles. The molecule has 2 atom stereocenters. The number of halogens is 1. The molecule has 2 aromatic rings. The van der Waals surface area contributed by atoms with Crippen LogP contribution in [0.15, 0.2) is 35.0 Å². The zero-order valence-electron chi connectivity index (χ0n) is 13.3. The van der Waals surface area contributed by atoms with E-state index in [1.54, 1.807) is 17.9 Å². The number of furan rings is 1. The Morgan fingerprint density at radius 3 is 3.00 bits per heavy atom. The number of nitrogens with zero attached hydrogens (tertiary/aromatic N) is 2. The molecule has 1 fully saturated rings. The van der Waals surface area contributed by atoms with Gasteiger partial charge in [0.1, 0.15) is 17.3 Å². The molecule has 5 nitrogen and oxygen atoms in total. The van der Waals surface area contributed by atoms with E-state index in [-0.39, 0.29) is 12.1 Å². The van der Waals surface area contributed by atoms with Crippen molar-refractivity contribution in [3.8, 4) is 0 Å². The molecule has 2 aromatic heterocycles.